The minimum atomic E-state index is 0.242. The first-order valence-electron chi connectivity index (χ1n) is 7.26. The van der Waals surface area contributed by atoms with Crippen molar-refractivity contribution in [3.8, 4) is 5.75 Å². The van der Waals surface area contributed by atoms with Crippen LogP contribution in [-0.4, -0.2) is 29.8 Å². The summed E-state index contributed by atoms with van der Waals surface area (Å²) in [5, 5.41) is 3.45. The van der Waals surface area contributed by atoms with Gasteiger partial charge >= 0.3 is 0 Å². The summed E-state index contributed by atoms with van der Waals surface area (Å²) >= 11 is 0. The van der Waals surface area contributed by atoms with E-state index in [0.29, 0.717) is 12.7 Å². The number of ether oxygens (including phenoxy) is 2. The first kappa shape index (κ1) is 12.9. The summed E-state index contributed by atoms with van der Waals surface area (Å²) in [7, 11) is 0. The number of nitrogens with one attached hydrogen (secondary N) is 1. The van der Waals surface area contributed by atoms with E-state index in [1.54, 1.807) is 0 Å². The highest BCUT2D eigenvalue weighted by molar-refractivity contribution is 5.20. The van der Waals surface area contributed by atoms with Gasteiger partial charge in [-0.1, -0.05) is 0 Å². The Labute approximate surface area is 114 Å². The van der Waals surface area contributed by atoms with Crippen molar-refractivity contribution in [2.75, 3.05) is 6.61 Å². The quantitative estimate of drug-likeness (QED) is 0.854. The van der Waals surface area contributed by atoms with Gasteiger partial charge in [0.25, 0.3) is 0 Å². The summed E-state index contributed by atoms with van der Waals surface area (Å²) < 4.78 is 11.4. The molecule has 1 aromatic rings. The highest BCUT2D eigenvalue weighted by Crippen LogP contribution is 2.21. The molecular formula is C15H22N2O2. The molecule has 0 amide bonds. The second-order valence-electron chi connectivity index (χ2n) is 5.60. The summed E-state index contributed by atoms with van der Waals surface area (Å²) in [4.78, 5) is 4.41. The van der Waals surface area contributed by atoms with E-state index >= 15 is 0 Å². The van der Waals surface area contributed by atoms with Crippen molar-refractivity contribution in [1.82, 2.24) is 10.3 Å². The number of hydrogen-bond acceptors (Lipinski definition) is 4. The van der Waals surface area contributed by atoms with Gasteiger partial charge in [0, 0.05) is 12.6 Å². The van der Waals surface area contributed by atoms with Crippen LogP contribution in [0.3, 0.4) is 0 Å². The van der Waals surface area contributed by atoms with Gasteiger partial charge in [0.15, 0.2) is 0 Å². The molecule has 0 radical (unpaired) electrons. The highest BCUT2D eigenvalue weighted by atomic mass is 16.5. The molecule has 4 heteroatoms. The van der Waals surface area contributed by atoms with E-state index in [2.05, 4.69) is 17.2 Å². The number of rotatable bonds is 6. The topological polar surface area (TPSA) is 43.4 Å². The molecule has 0 bridgehead atoms. The van der Waals surface area contributed by atoms with E-state index in [9.17, 15) is 0 Å². The molecule has 4 nitrogen and oxygen atoms in total. The van der Waals surface area contributed by atoms with Crippen LogP contribution in [0.4, 0.5) is 0 Å². The molecule has 0 aromatic carbocycles. The Bertz CT molecular complexity index is 403. The molecule has 0 spiro atoms. The third-order valence-electron chi connectivity index (χ3n) is 3.70. The SMILES string of the molecule is CC1CCC(COc2ccc(CNC3CC3)nc2)O1. The monoisotopic (exact) mass is 262 g/mol. The molecule has 2 heterocycles. The summed E-state index contributed by atoms with van der Waals surface area (Å²) in [6, 6.07) is 4.75. The summed E-state index contributed by atoms with van der Waals surface area (Å²) in [6.45, 7) is 3.60. The van der Waals surface area contributed by atoms with E-state index in [1.807, 2.05) is 18.3 Å². The molecular weight excluding hydrogens is 240 g/mol. The van der Waals surface area contributed by atoms with Crippen molar-refractivity contribution in [3.05, 3.63) is 24.0 Å². The zero-order chi connectivity index (χ0) is 13.1. The molecule has 2 unspecified atom stereocenters. The molecule has 1 aliphatic carbocycles. The maximum atomic E-state index is 5.72. The minimum Gasteiger partial charge on any atom is -0.489 e. The number of aromatic nitrogens is 1. The Hall–Kier alpha value is -1.13. The van der Waals surface area contributed by atoms with Gasteiger partial charge in [-0.25, -0.2) is 0 Å². The van der Waals surface area contributed by atoms with Crippen LogP contribution >= 0.6 is 0 Å². The fourth-order valence-electron chi connectivity index (χ4n) is 2.33. The summed E-state index contributed by atoms with van der Waals surface area (Å²) in [5.74, 6) is 0.832. The predicted molar refractivity (Wildman–Crippen MR) is 73.2 cm³/mol. The van der Waals surface area contributed by atoms with E-state index in [0.717, 1.165) is 36.9 Å². The van der Waals surface area contributed by atoms with Crippen LogP contribution in [0.2, 0.25) is 0 Å². The number of nitrogens with zero attached hydrogens (tertiary/aromatic N) is 1. The lowest BCUT2D eigenvalue weighted by Gasteiger charge is -2.12. The average molecular weight is 262 g/mol. The van der Waals surface area contributed by atoms with Gasteiger partial charge in [-0.15, -0.1) is 0 Å². The lowest BCUT2D eigenvalue weighted by Crippen LogP contribution is -2.18. The van der Waals surface area contributed by atoms with Crippen LogP contribution in [0, 0.1) is 0 Å². The van der Waals surface area contributed by atoms with Crippen molar-refractivity contribution in [2.24, 2.45) is 0 Å². The summed E-state index contributed by atoms with van der Waals surface area (Å²) in [6.07, 6.45) is 7.27. The van der Waals surface area contributed by atoms with Crippen LogP contribution in [0.1, 0.15) is 38.3 Å². The van der Waals surface area contributed by atoms with E-state index in [-0.39, 0.29) is 6.10 Å². The molecule has 1 aromatic heterocycles. The molecule has 104 valence electrons. The molecule has 1 saturated heterocycles. The van der Waals surface area contributed by atoms with Crippen molar-refractivity contribution in [3.63, 3.8) is 0 Å². The van der Waals surface area contributed by atoms with Gasteiger partial charge in [-0.05, 0) is 44.7 Å². The lowest BCUT2D eigenvalue weighted by atomic mass is 10.2. The standard InChI is InChI=1S/C15H22N2O2/c1-11-2-6-15(19-11)10-18-14-7-5-13(17-9-14)8-16-12-3-4-12/h5,7,9,11-12,15-16H,2-4,6,8,10H2,1H3. The van der Waals surface area contributed by atoms with Crippen LogP contribution in [0.25, 0.3) is 0 Å². The van der Waals surface area contributed by atoms with Crippen molar-refractivity contribution >= 4 is 0 Å². The van der Waals surface area contributed by atoms with Gasteiger partial charge in [0.2, 0.25) is 0 Å². The fourth-order valence-corrected chi connectivity index (χ4v) is 2.33. The lowest BCUT2D eigenvalue weighted by molar-refractivity contribution is 0.0264. The van der Waals surface area contributed by atoms with Gasteiger partial charge in [-0.3, -0.25) is 4.98 Å². The van der Waals surface area contributed by atoms with Gasteiger partial charge < -0.3 is 14.8 Å². The van der Waals surface area contributed by atoms with Crippen molar-refractivity contribution in [2.45, 2.75) is 57.4 Å². The second-order valence-corrected chi connectivity index (χ2v) is 5.60. The first-order valence-corrected chi connectivity index (χ1v) is 7.26. The van der Waals surface area contributed by atoms with Crippen LogP contribution < -0.4 is 10.1 Å². The number of pyridine rings is 1. The average Bonchev–Trinajstić information content (AvgIpc) is 3.17. The zero-order valence-electron chi connectivity index (χ0n) is 11.5. The maximum Gasteiger partial charge on any atom is 0.137 e. The minimum absolute atomic E-state index is 0.242. The van der Waals surface area contributed by atoms with Gasteiger partial charge in [0.05, 0.1) is 24.1 Å². The molecule has 19 heavy (non-hydrogen) atoms. The molecule has 1 N–H and O–H groups in total. The van der Waals surface area contributed by atoms with Gasteiger partial charge in [-0.2, -0.15) is 0 Å². The molecule has 1 aliphatic heterocycles. The normalized spacial score (nSPS) is 26.6. The largest absolute Gasteiger partial charge is 0.489 e. The van der Waals surface area contributed by atoms with Crippen LogP contribution in [0.5, 0.6) is 5.75 Å². The first-order chi connectivity index (χ1) is 9.29. The Morgan fingerprint density at radius 1 is 1.32 bits per heavy atom. The predicted octanol–water partition coefficient (Wildman–Crippen LogP) is 2.28. The summed E-state index contributed by atoms with van der Waals surface area (Å²) in [5.41, 5.74) is 1.07. The Kier molecular flexibility index (Phi) is 3.99. The third kappa shape index (κ3) is 3.91. The molecule has 3 rings (SSSR count). The van der Waals surface area contributed by atoms with E-state index in [4.69, 9.17) is 9.47 Å². The van der Waals surface area contributed by atoms with Gasteiger partial charge in [0.1, 0.15) is 12.4 Å². The van der Waals surface area contributed by atoms with Crippen molar-refractivity contribution in [1.29, 1.82) is 0 Å². The number of hydrogen-bond donors (Lipinski definition) is 1. The van der Waals surface area contributed by atoms with Crippen LogP contribution in [0.15, 0.2) is 18.3 Å². The van der Waals surface area contributed by atoms with E-state index < -0.39 is 0 Å². The smallest absolute Gasteiger partial charge is 0.137 e. The van der Waals surface area contributed by atoms with Crippen LogP contribution in [-0.2, 0) is 11.3 Å². The zero-order valence-corrected chi connectivity index (χ0v) is 11.5. The Morgan fingerprint density at radius 2 is 2.21 bits per heavy atom. The highest BCUT2D eigenvalue weighted by Gasteiger charge is 2.22. The Balaban J connectivity index is 1.42. The molecule has 2 aliphatic rings. The molecule has 1 saturated carbocycles. The Morgan fingerprint density at radius 3 is 2.84 bits per heavy atom. The molecule has 2 fully saturated rings. The second kappa shape index (κ2) is 5.88. The third-order valence-corrected chi connectivity index (χ3v) is 3.70. The fraction of sp³-hybridized carbons (Fsp3) is 0.667. The maximum absolute atomic E-state index is 5.72. The molecule has 2 atom stereocenters. The van der Waals surface area contributed by atoms with Crippen molar-refractivity contribution < 1.29 is 9.47 Å². The van der Waals surface area contributed by atoms with E-state index in [1.165, 1.54) is 12.8 Å².